The first-order chi connectivity index (χ1) is 5.53. The van der Waals surface area contributed by atoms with E-state index in [1.807, 2.05) is 0 Å². The Morgan fingerprint density at radius 2 is 2.08 bits per heavy atom. The molecule has 0 unspecified atom stereocenters. The Balaban J connectivity index is 2.14. The van der Waals surface area contributed by atoms with E-state index in [2.05, 4.69) is 5.32 Å². The van der Waals surface area contributed by atoms with Gasteiger partial charge in [-0.25, -0.2) is 0 Å². The van der Waals surface area contributed by atoms with Gasteiger partial charge in [0.1, 0.15) is 4.33 Å². The fraction of sp³-hybridized carbons (Fsp3) is 0.857. The fourth-order valence-corrected chi connectivity index (χ4v) is 2.07. The van der Waals surface area contributed by atoms with E-state index in [1.54, 1.807) is 0 Å². The highest BCUT2D eigenvalue weighted by Gasteiger charge is 2.41. The third kappa shape index (κ3) is 3.00. The molecule has 1 fully saturated rings. The maximum atomic E-state index is 11.0. The van der Waals surface area contributed by atoms with Crippen LogP contribution < -0.4 is 5.32 Å². The largest absolute Gasteiger partial charge is 0.353 e. The van der Waals surface area contributed by atoms with Crippen molar-refractivity contribution in [1.29, 1.82) is 0 Å². The highest BCUT2D eigenvalue weighted by atomic mass is 35.5. The second kappa shape index (κ2) is 4.03. The lowest BCUT2D eigenvalue weighted by Crippen LogP contribution is -2.49. The molecule has 0 heterocycles. The van der Waals surface area contributed by atoms with Gasteiger partial charge in [-0.3, -0.25) is 4.79 Å². The molecule has 0 aromatic rings. The summed E-state index contributed by atoms with van der Waals surface area (Å²) in [5.74, 6) is 0.324. The zero-order chi connectivity index (χ0) is 9.19. The number of hydrogen-bond donors (Lipinski definition) is 1. The standard InChI is InChI=1S/C7H10Cl3NO/c8-2-1-6(12)11-5-3-7(9,10)4-5/h5H,1-4H2,(H,11,12). The molecule has 70 valence electrons. The molecule has 0 aromatic carbocycles. The van der Waals surface area contributed by atoms with Crippen LogP contribution in [-0.2, 0) is 4.79 Å². The third-order valence-electron chi connectivity index (χ3n) is 1.78. The molecule has 1 amide bonds. The van der Waals surface area contributed by atoms with Crippen LogP contribution in [0.3, 0.4) is 0 Å². The minimum absolute atomic E-state index is 0.0289. The van der Waals surface area contributed by atoms with Crippen LogP contribution in [0.25, 0.3) is 0 Å². The Morgan fingerprint density at radius 3 is 2.50 bits per heavy atom. The molecule has 1 rings (SSSR count). The SMILES string of the molecule is O=C(CCCl)NC1CC(Cl)(Cl)C1. The van der Waals surface area contributed by atoms with E-state index in [9.17, 15) is 4.79 Å². The smallest absolute Gasteiger partial charge is 0.221 e. The molecule has 0 radical (unpaired) electrons. The Bertz CT molecular complexity index is 175. The molecule has 1 aliphatic rings. The zero-order valence-electron chi connectivity index (χ0n) is 6.45. The van der Waals surface area contributed by atoms with Crippen LogP contribution in [-0.4, -0.2) is 22.2 Å². The number of amides is 1. The zero-order valence-corrected chi connectivity index (χ0v) is 8.72. The summed E-state index contributed by atoms with van der Waals surface area (Å²) in [6.45, 7) is 0. The fourth-order valence-electron chi connectivity index (χ4n) is 1.15. The average Bonchev–Trinajstić information content (AvgIpc) is 1.83. The van der Waals surface area contributed by atoms with E-state index in [0.717, 1.165) is 0 Å². The molecule has 2 nitrogen and oxygen atoms in total. The number of carbonyl (C=O) groups is 1. The molecule has 0 atom stereocenters. The highest BCUT2D eigenvalue weighted by molar-refractivity contribution is 6.49. The van der Waals surface area contributed by atoms with E-state index in [-0.39, 0.29) is 11.9 Å². The molecular weight excluding hydrogens is 220 g/mol. The van der Waals surface area contributed by atoms with Gasteiger partial charge in [0, 0.05) is 31.2 Å². The number of halogens is 3. The molecule has 0 spiro atoms. The van der Waals surface area contributed by atoms with Gasteiger partial charge in [0.05, 0.1) is 0 Å². The number of hydrogen-bond acceptors (Lipinski definition) is 1. The van der Waals surface area contributed by atoms with E-state index >= 15 is 0 Å². The van der Waals surface area contributed by atoms with Crippen molar-refractivity contribution in [2.75, 3.05) is 5.88 Å². The first-order valence-corrected chi connectivity index (χ1v) is 5.06. The summed E-state index contributed by atoms with van der Waals surface area (Å²) < 4.78 is -0.626. The van der Waals surface area contributed by atoms with Gasteiger partial charge in [0.2, 0.25) is 5.91 Å². The summed E-state index contributed by atoms with van der Waals surface area (Å²) in [6, 6.07) is 0.135. The van der Waals surface area contributed by atoms with Gasteiger partial charge in [0.15, 0.2) is 0 Å². The van der Waals surface area contributed by atoms with Crippen molar-refractivity contribution in [2.24, 2.45) is 0 Å². The van der Waals surface area contributed by atoms with Crippen LogP contribution in [0.5, 0.6) is 0 Å². The van der Waals surface area contributed by atoms with Gasteiger partial charge < -0.3 is 5.32 Å². The van der Waals surface area contributed by atoms with Crippen LogP contribution in [0.4, 0.5) is 0 Å². The van der Waals surface area contributed by atoms with Gasteiger partial charge >= 0.3 is 0 Å². The molecule has 5 heteroatoms. The Hall–Kier alpha value is 0.340. The second-order valence-corrected chi connectivity index (χ2v) is 4.99. The van der Waals surface area contributed by atoms with Crippen molar-refractivity contribution in [3.8, 4) is 0 Å². The predicted molar refractivity (Wildman–Crippen MR) is 50.9 cm³/mol. The van der Waals surface area contributed by atoms with E-state index in [4.69, 9.17) is 34.8 Å². The number of nitrogens with one attached hydrogen (secondary N) is 1. The lowest BCUT2D eigenvalue weighted by Gasteiger charge is -2.38. The Labute approximate surface area is 86.5 Å². The van der Waals surface area contributed by atoms with Crippen molar-refractivity contribution < 1.29 is 4.79 Å². The molecule has 1 saturated carbocycles. The van der Waals surface area contributed by atoms with Gasteiger partial charge in [0.25, 0.3) is 0 Å². The van der Waals surface area contributed by atoms with E-state index < -0.39 is 4.33 Å². The molecule has 1 N–H and O–H groups in total. The summed E-state index contributed by atoms with van der Waals surface area (Å²) in [7, 11) is 0. The summed E-state index contributed by atoms with van der Waals surface area (Å²) in [6.07, 6.45) is 1.61. The quantitative estimate of drug-likeness (QED) is 0.739. The monoisotopic (exact) mass is 229 g/mol. The topological polar surface area (TPSA) is 29.1 Å². The van der Waals surface area contributed by atoms with Gasteiger partial charge in [-0.1, -0.05) is 0 Å². The number of rotatable bonds is 3. The summed E-state index contributed by atoms with van der Waals surface area (Å²) >= 11 is 16.9. The van der Waals surface area contributed by atoms with Crippen molar-refractivity contribution >= 4 is 40.7 Å². The number of alkyl halides is 3. The first-order valence-electron chi connectivity index (χ1n) is 3.77. The van der Waals surface area contributed by atoms with Crippen molar-refractivity contribution in [1.82, 2.24) is 5.32 Å². The minimum atomic E-state index is -0.626. The minimum Gasteiger partial charge on any atom is -0.353 e. The van der Waals surface area contributed by atoms with Crippen LogP contribution in [0, 0.1) is 0 Å². The van der Waals surface area contributed by atoms with Crippen LogP contribution in [0.15, 0.2) is 0 Å². The number of carbonyl (C=O) groups excluding carboxylic acids is 1. The summed E-state index contributed by atoms with van der Waals surface area (Å²) in [4.78, 5) is 11.0. The van der Waals surface area contributed by atoms with Crippen molar-refractivity contribution in [3.63, 3.8) is 0 Å². The van der Waals surface area contributed by atoms with Gasteiger partial charge in [-0.05, 0) is 0 Å². The van der Waals surface area contributed by atoms with Crippen LogP contribution >= 0.6 is 34.8 Å². The molecule has 0 bridgehead atoms. The molecular formula is C7H10Cl3NO. The maximum absolute atomic E-state index is 11.0. The molecule has 12 heavy (non-hydrogen) atoms. The normalized spacial score (nSPS) is 21.6. The third-order valence-corrected chi connectivity index (χ3v) is 2.58. The predicted octanol–water partition coefficient (Wildman–Crippen LogP) is 2.07. The first kappa shape index (κ1) is 10.4. The van der Waals surface area contributed by atoms with Gasteiger partial charge in [-0.15, -0.1) is 34.8 Å². The van der Waals surface area contributed by atoms with Crippen LogP contribution in [0.1, 0.15) is 19.3 Å². The van der Waals surface area contributed by atoms with Gasteiger partial charge in [-0.2, -0.15) is 0 Å². The average molecular weight is 231 g/mol. The van der Waals surface area contributed by atoms with Crippen molar-refractivity contribution in [2.45, 2.75) is 29.6 Å². The lowest BCUT2D eigenvalue weighted by atomic mass is 9.91. The summed E-state index contributed by atoms with van der Waals surface area (Å²) in [5.41, 5.74) is 0. The highest BCUT2D eigenvalue weighted by Crippen LogP contribution is 2.42. The maximum Gasteiger partial charge on any atom is 0.221 e. The second-order valence-electron chi connectivity index (χ2n) is 2.97. The summed E-state index contributed by atoms with van der Waals surface area (Å²) in [5, 5.41) is 2.78. The van der Waals surface area contributed by atoms with E-state index in [1.165, 1.54) is 0 Å². The van der Waals surface area contributed by atoms with E-state index in [0.29, 0.717) is 25.1 Å². The lowest BCUT2D eigenvalue weighted by molar-refractivity contribution is -0.121. The molecule has 0 saturated heterocycles. The molecule has 1 aliphatic carbocycles. The Morgan fingerprint density at radius 1 is 1.50 bits per heavy atom. The molecule has 0 aliphatic heterocycles. The van der Waals surface area contributed by atoms with Crippen LogP contribution in [0.2, 0.25) is 0 Å². The molecule has 0 aromatic heterocycles. The van der Waals surface area contributed by atoms with Crippen molar-refractivity contribution in [3.05, 3.63) is 0 Å². The Kier molecular flexibility index (Phi) is 3.50.